The molecule has 0 saturated carbocycles. The number of para-hydroxylation sites is 1. The van der Waals surface area contributed by atoms with Gasteiger partial charge in [0.25, 0.3) is 5.91 Å². The number of halogens is 1. The van der Waals surface area contributed by atoms with Crippen molar-refractivity contribution in [3.05, 3.63) is 89.0 Å². The molecule has 6 rings (SSSR count). The van der Waals surface area contributed by atoms with Crippen molar-refractivity contribution in [3.8, 4) is 0 Å². The minimum atomic E-state index is -1.02. The number of rotatable bonds is 4. The van der Waals surface area contributed by atoms with Crippen LogP contribution in [-0.2, 0) is 19.1 Å². The monoisotopic (exact) mass is 564 g/mol. The van der Waals surface area contributed by atoms with Gasteiger partial charge in [0.2, 0.25) is 5.91 Å². The summed E-state index contributed by atoms with van der Waals surface area (Å²) in [6, 6.07) is 12.9. The molecule has 202 valence electrons. The zero-order valence-electron chi connectivity index (χ0n) is 21.4. The van der Waals surface area contributed by atoms with Crippen LogP contribution in [-0.4, -0.2) is 63.6 Å². The summed E-state index contributed by atoms with van der Waals surface area (Å²) in [6.45, 7) is 2.04. The number of cyclic esters (lactones) is 1. The fourth-order valence-electron chi connectivity index (χ4n) is 6.58. The van der Waals surface area contributed by atoms with Crippen LogP contribution in [0.5, 0.6) is 0 Å². The number of benzene rings is 2. The number of carbonyl (C=O) groups excluding carboxylic acids is 3. The van der Waals surface area contributed by atoms with Crippen molar-refractivity contribution in [2.24, 2.45) is 11.8 Å². The lowest BCUT2D eigenvalue weighted by Crippen LogP contribution is -2.54. The standard InChI is InChI=1S/C30H29ClN2O5S/c1-18-9-7-12-20(31)25(18)32-15-8-14-30-24(23-22(39-30)13-5-6-16-38-29(23)37)27(35)33(26(30)28(32)36)21(17-34)19-10-3-2-4-11-19/h2-5,7-14,21-24,26,34H,6,15-17H2,1H3/t21-,22+,23-,24+,26?,30+/m1/s1. The number of likely N-dealkylation sites (tertiary alicyclic amines) is 1. The topological polar surface area (TPSA) is 87.2 Å². The average Bonchev–Trinajstić information content (AvgIpc) is 3.30. The minimum Gasteiger partial charge on any atom is -0.465 e. The molecule has 4 aliphatic rings. The molecule has 4 heterocycles. The summed E-state index contributed by atoms with van der Waals surface area (Å²) < 4.78 is 4.53. The van der Waals surface area contributed by atoms with Crippen molar-refractivity contribution in [2.75, 3.05) is 24.7 Å². The third kappa shape index (κ3) is 4.03. The number of hydrogen-bond acceptors (Lipinski definition) is 6. The summed E-state index contributed by atoms with van der Waals surface area (Å²) in [4.78, 5) is 45.7. The first-order valence-electron chi connectivity index (χ1n) is 13.1. The zero-order chi connectivity index (χ0) is 27.3. The van der Waals surface area contributed by atoms with Crippen LogP contribution in [0.25, 0.3) is 0 Å². The van der Waals surface area contributed by atoms with E-state index in [2.05, 4.69) is 0 Å². The molecule has 39 heavy (non-hydrogen) atoms. The Bertz CT molecular complexity index is 1360. The number of esters is 1. The molecule has 2 fully saturated rings. The Labute approximate surface area is 236 Å². The van der Waals surface area contributed by atoms with Crippen LogP contribution in [0.2, 0.25) is 5.02 Å². The van der Waals surface area contributed by atoms with Gasteiger partial charge in [-0.15, -0.1) is 11.8 Å². The second-order valence-corrected chi connectivity index (χ2v) is 12.2. The Morgan fingerprint density at radius 2 is 1.90 bits per heavy atom. The normalized spacial score (nSPS) is 30.7. The van der Waals surface area contributed by atoms with Crippen LogP contribution in [0.3, 0.4) is 0 Å². The van der Waals surface area contributed by atoms with E-state index >= 15 is 0 Å². The van der Waals surface area contributed by atoms with Gasteiger partial charge in [-0.3, -0.25) is 14.4 Å². The van der Waals surface area contributed by atoms with Crippen molar-refractivity contribution < 1.29 is 24.2 Å². The smallest absolute Gasteiger partial charge is 0.311 e. The van der Waals surface area contributed by atoms with Crippen LogP contribution in [0.4, 0.5) is 5.69 Å². The maximum absolute atomic E-state index is 14.7. The highest BCUT2D eigenvalue weighted by Crippen LogP contribution is 2.62. The van der Waals surface area contributed by atoms with Gasteiger partial charge in [0.15, 0.2) is 0 Å². The number of nitrogens with zero attached hydrogens (tertiary/aromatic N) is 2. The fraction of sp³-hybridized carbons (Fsp3) is 0.367. The molecule has 7 nitrogen and oxygen atoms in total. The molecule has 6 atom stereocenters. The summed E-state index contributed by atoms with van der Waals surface area (Å²) in [5.41, 5.74) is 2.14. The first-order valence-corrected chi connectivity index (χ1v) is 14.4. The van der Waals surface area contributed by atoms with Gasteiger partial charge in [-0.25, -0.2) is 0 Å². The molecular weight excluding hydrogens is 536 g/mol. The number of amides is 2. The lowest BCUT2D eigenvalue weighted by atomic mass is 9.78. The fourth-order valence-corrected chi connectivity index (χ4v) is 8.89. The van der Waals surface area contributed by atoms with Gasteiger partial charge in [0.1, 0.15) is 6.04 Å². The summed E-state index contributed by atoms with van der Waals surface area (Å²) in [5, 5.41) is 10.8. The number of thioether (sulfide) groups is 1. The highest BCUT2D eigenvalue weighted by Gasteiger charge is 2.72. The lowest BCUT2D eigenvalue weighted by molar-refractivity contribution is -0.153. The quantitative estimate of drug-likeness (QED) is 0.445. The van der Waals surface area contributed by atoms with Gasteiger partial charge in [0.05, 0.1) is 46.5 Å². The SMILES string of the molecule is Cc1cccc(Cl)c1N1CC=C[C@]23S[C@H]4C=CCCOC(=O)[C@H]4[C@H]2C(=O)N([C@H](CO)c2ccccc2)C3C1=O. The largest absolute Gasteiger partial charge is 0.465 e. The predicted octanol–water partition coefficient (Wildman–Crippen LogP) is 4.09. The molecule has 2 amide bonds. The second-order valence-electron chi connectivity index (χ2n) is 10.3. The number of fused-ring (bicyclic) bond motifs is 2. The van der Waals surface area contributed by atoms with E-state index in [1.807, 2.05) is 73.7 Å². The molecule has 0 radical (unpaired) electrons. The molecule has 0 aromatic heterocycles. The van der Waals surface area contributed by atoms with Gasteiger partial charge in [-0.2, -0.15) is 0 Å². The molecule has 4 aliphatic heterocycles. The van der Waals surface area contributed by atoms with E-state index in [1.165, 1.54) is 16.7 Å². The predicted molar refractivity (Wildman–Crippen MR) is 150 cm³/mol. The van der Waals surface area contributed by atoms with Gasteiger partial charge < -0.3 is 19.6 Å². The Morgan fingerprint density at radius 3 is 2.64 bits per heavy atom. The maximum atomic E-state index is 14.7. The highest BCUT2D eigenvalue weighted by molar-refractivity contribution is 8.02. The van der Waals surface area contributed by atoms with Crippen molar-refractivity contribution >= 4 is 46.8 Å². The van der Waals surface area contributed by atoms with Crippen LogP contribution in [0.15, 0.2) is 72.8 Å². The number of ether oxygens (including phenoxy) is 1. The third-order valence-electron chi connectivity index (χ3n) is 8.21. The van der Waals surface area contributed by atoms with Crippen LogP contribution in [0, 0.1) is 18.8 Å². The summed E-state index contributed by atoms with van der Waals surface area (Å²) in [6.07, 6.45) is 8.42. The second kappa shape index (κ2) is 10.2. The van der Waals surface area contributed by atoms with Crippen LogP contribution < -0.4 is 4.90 Å². The molecule has 1 spiro atoms. The number of carbonyl (C=O) groups is 3. The van der Waals surface area contributed by atoms with E-state index in [4.69, 9.17) is 16.3 Å². The van der Waals surface area contributed by atoms with E-state index in [1.54, 1.807) is 11.0 Å². The van der Waals surface area contributed by atoms with Crippen molar-refractivity contribution in [3.63, 3.8) is 0 Å². The number of aliphatic hydroxyl groups excluding tert-OH is 1. The highest BCUT2D eigenvalue weighted by atomic mass is 35.5. The van der Waals surface area contributed by atoms with Crippen LogP contribution >= 0.6 is 23.4 Å². The van der Waals surface area contributed by atoms with Crippen molar-refractivity contribution in [1.82, 2.24) is 4.90 Å². The van der Waals surface area contributed by atoms with E-state index < -0.39 is 34.6 Å². The van der Waals surface area contributed by atoms with Crippen molar-refractivity contribution in [2.45, 2.75) is 35.4 Å². The number of anilines is 1. The van der Waals surface area contributed by atoms with Crippen molar-refractivity contribution in [1.29, 1.82) is 0 Å². The molecule has 2 aromatic carbocycles. The summed E-state index contributed by atoms with van der Waals surface area (Å²) >= 11 is 8.10. The van der Waals surface area contributed by atoms with Gasteiger partial charge in [-0.1, -0.05) is 78.4 Å². The van der Waals surface area contributed by atoms with E-state index in [-0.39, 0.29) is 36.8 Å². The molecular formula is C30H29ClN2O5S. The zero-order valence-corrected chi connectivity index (χ0v) is 23.0. The number of aryl methyl sites for hydroxylation is 1. The summed E-state index contributed by atoms with van der Waals surface area (Å²) in [7, 11) is 0. The molecule has 1 N–H and O–H groups in total. The summed E-state index contributed by atoms with van der Waals surface area (Å²) in [5.74, 6) is -2.60. The molecule has 0 aliphatic carbocycles. The Kier molecular flexibility index (Phi) is 6.81. The van der Waals surface area contributed by atoms with E-state index in [0.29, 0.717) is 22.7 Å². The third-order valence-corrected chi connectivity index (χ3v) is 10.3. The Hall–Kier alpha value is -3.07. The lowest BCUT2D eigenvalue weighted by Gasteiger charge is -2.39. The number of aliphatic hydroxyl groups is 1. The molecule has 9 heteroatoms. The van der Waals surface area contributed by atoms with E-state index in [9.17, 15) is 19.5 Å². The minimum absolute atomic E-state index is 0.252. The molecule has 2 saturated heterocycles. The Morgan fingerprint density at radius 1 is 1.10 bits per heavy atom. The maximum Gasteiger partial charge on any atom is 0.311 e. The average molecular weight is 565 g/mol. The van der Waals surface area contributed by atoms with E-state index in [0.717, 1.165) is 5.56 Å². The molecule has 0 bridgehead atoms. The van der Waals surface area contributed by atoms with Crippen LogP contribution in [0.1, 0.15) is 23.6 Å². The van der Waals surface area contributed by atoms with Gasteiger partial charge in [0, 0.05) is 11.8 Å². The van der Waals surface area contributed by atoms with Gasteiger partial charge in [-0.05, 0) is 30.5 Å². The molecule has 2 aromatic rings. The van der Waals surface area contributed by atoms with Gasteiger partial charge >= 0.3 is 5.97 Å². The first-order chi connectivity index (χ1) is 18.9. The number of hydrogen-bond donors (Lipinski definition) is 1. The Balaban J connectivity index is 1.54. The molecule has 1 unspecified atom stereocenters. The first kappa shape index (κ1) is 26.2.